The van der Waals surface area contributed by atoms with E-state index >= 15 is 0 Å². The summed E-state index contributed by atoms with van der Waals surface area (Å²) in [4.78, 5) is 11.7. The van der Waals surface area contributed by atoms with E-state index in [-0.39, 0.29) is 6.10 Å². The van der Waals surface area contributed by atoms with E-state index < -0.39 is 6.16 Å². The van der Waals surface area contributed by atoms with Gasteiger partial charge in [0.25, 0.3) is 0 Å². The molecule has 0 aromatic heterocycles. The first-order valence-corrected chi connectivity index (χ1v) is 8.16. The van der Waals surface area contributed by atoms with Crippen molar-refractivity contribution in [3.63, 3.8) is 0 Å². The van der Waals surface area contributed by atoms with Gasteiger partial charge in [0.2, 0.25) is 0 Å². The summed E-state index contributed by atoms with van der Waals surface area (Å²) in [5, 5.41) is 0. The Labute approximate surface area is 128 Å². The lowest BCUT2D eigenvalue weighted by Gasteiger charge is -2.17. The van der Waals surface area contributed by atoms with Gasteiger partial charge in [-0.1, -0.05) is 76.3 Å². The smallest absolute Gasteiger partial charge is 0.434 e. The number of rotatable bonds is 10. The second kappa shape index (κ2) is 11.2. The van der Waals surface area contributed by atoms with Gasteiger partial charge in [0.1, 0.15) is 6.10 Å². The molecule has 3 heteroatoms. The summed E-state index contributed by atoms with van der Waals surface area (Å²) >= 11 is 0. The van der Waals surface area contributed by atoms with Crippen molar-refractivity contribution in [3.05, 3.63) is 35.9 Å². The monoisotopic (exact) mass is 292 g/mol. The molecule has 0 N–H and O–H groups in total. The van der Waals surface area contributed by atoms with Gasteiger partial charge in [-0.05, 0) is 18.4 Å². The van der Waals surface area contributed by atoms with Crippen molar-refractivity contribution in [2.45, 2.75) is 64.9 Å². The Balaban J connectivity index is 2.29. The van der Waals surface area contributed by atoms with Gasteiger partial charge in [-0.2, -0.15) is 0 Å². The van der Waals surface area contributed by atoms with Gasteiger partial charge in [0.05, 0.1) is 6.61 Å². The van der Waals surface area contributed by atoms with Crippen LogP contribution in [0.2, 0.25) is 0 Å². The largest absolute Gasteiger partial charge is 0.508 e. The average Bonchev–Trinajstić information content (AvgIpc) is 2.51. The van der Waals surface area contributed by atoms with E-state index in [0.29, 0.717) is 6.61 Å². The molecular formula is C18H28O3. The molecule has 0 aliphatic heterocycles. The number of unbranched alkanes of at least 4 members (excludes halogenated alkanes) is 4. The van der Waals surface area contributed by atoms with Crippen LogP contribution in [0, 0.1) is 0 Å². The maximum absolute atomic E-state index is 11.7. The molecule has 0 fully saturated rings. The zero-order valence-corrected chi connectivity index (χ0v) is 13.3. The van der Waals surface area contributed by atoms with Crippen molar-refractivity contribution < 1.29 is 14.3 Å². The molecule has 21 heavy (non-hydrogen) atoms. The number of hydrogen-bond acceptors (Lipinski definition) is 3. The van der Waals surface area contributed by atoms with Crippen molar-refractivity contribution in [1.29, 1.82) is 0 Å². The molecule has 0 radical (unpaired) electrons. The predicted molar refractivity (Wildman–Crippen MR) is 85.3 cm³/mol. The highest BCUT2D eigenvalue weighted by Gasteiger charge is 2.16. The van der Waals surface area contributed by atoms with E-state index in [1.165, 1.54) is 19.3 Å². The average molecular weight is 292 g/mol. The molecule has 0 heterocycles. The van der Waals surface area contributed by atoms with Crippen molar-refractivity contribution in [2.75, 3.05) is 6.61 Å². The van der Waals surface area contributed by atoms with Crippen molar-refractivity contribution in [3.8, 4) is 0 Å². The topological polar surface area (TPSA) is 35.5 Å². The molecule has 1 unspecified atom stereocenters. The number of carbonyl (C=O) groups excluding carboxylic acids is 1. The van der Waals surface area contributed by atoms with Crippen LogP contribution in [0.4, 0.5) is 4.79 Å². The van der Waals surface area contributed by atoms with Gasteiger partial charge < -0.3 is 9.47 Å². The highest BCUT2D eigenvalue weighted by atomic mass is 16.7. The molecule has 0 saturated heterocycles. The minimum atomic E-state index is -0.548. The standard InChI is InChI=1S/C18H28O3/c1-3-5-6-7-11-15-20-18(19)21-17(12-4-2)16-13-9-8-10-14-16/h8-10,13-14,17H,3-7,11-12,15H2,1-2H3. The Bertz CT molecular complexity index is 375. The van der Waals surface area contributed by atoms with Gasteiger partial charge in [0, 0.05) is 0 Å². The maximum atomic E-state index is 11.7. The summed E-state index contributed by atoms with van der Waals surface area (Å²) in [5.74, 6) is 0. The second-order valence-electron chi connectivity index (χ2n) is 5.32. The lowest BCUT2D eigenvalue weighted by Crippen LogP contribution is -2.13. The van der Waals surface area contributed by atoms with Crippen LogP contribution in [0.25, 0.3) is 0 Å². The normalized spacial score (nSPS) is 11.9. The zero-order chi connectivity index (χ0) is 15.3. The highest BCUT2D eigenvalue weighted by molar-refractivity contribution is 5.60. The van der Waals surface area contributed by atoms with Crippen LogP contribution in [0.15, 0.2) is 30.3 Å². The first kappa shape index (κ1) is 17.5. The Morgan fingerprint density at radius 2 is 1.71 bits per heavy atom. The Morgan fingerprint density at radius 1 is 1.00 bits per heavy atom. The minimum Gasteiger partial charge on any atom is -0.434 e. The van der Waals surface area contributed by atoms with Crippen molar-refractivity contribution in [2.24, 2.45) is 0 Å². The molecule has 1 aromatic rings. The predicted octanol–water partition coefficient (Wildman–Crippen LogP) is 5.65. The molecule has 0 bridgehead atoms. The van der Waals surface area contributed by atoms with E-state index in [9.17, 15) is 4.79 Å². The first-order chi connectivity index (χ1) is 10.3. The van der Waals surface area contributed by atoms with Crippen LogP contribution >= 0.6 is 0 Å². The molecule has 1 atom stereocenters. The zero-order valence-electron chi connectivity index (χ0n) is 13.3. The van der Waals surface area contributed by atoms with Gasteiger partial charge >= 0.3 is 6.16 Å². The SMILES string of the molecule is CCCCCCCOC(=O)OC(CCC)c1ccccc1. The lowest BCUT2D eigenvalue weighted by atomic mass is 10.1. The molecule has 1 aromatic carbocycles. The van der Waals surface area contributed by atoms with Crippen LogP contribution in [0.3, 0.4) is 0 Å². The van der Waals surface area contributed by atoms with E-state index in [2.05, 4.69) is 13.8 Å². The third-order valence-corrected chi connectivity index (χ3v) is 3.43. The van der Waals surface area contributed by atoms with Crippen molar-refractivity contribution in [1.82, 2.24) is 0 Å². The van der Waals surface area contributed by atoms with Crippen LogP contribution in [-0.2, 0) is 9.47 Å². The van der Waals surface area contributed by atoms with Crippen LogP contribution < -0.4 is 0 Å². The Morgan fingerprint density at radius 3 is 2.38 bits per heavy atom. The molecule has 0 saturated carbocycles. The molecule has 0 amide bonds. The summed E-state index contributed by atoms with van der Waals surface area (Å²) < 4.78 is 10.6. The quantitative estimate of drug-likeness (QED) is 0.413. The summed E-state index contributed by atoms with van der Waals surface area (Å²) in [6.45, 7) is 4.72. The van der Waals surface area contributed by atoms with Gasteiger partial charge in [-0.25, -0.2) is 4.79 Å². The molecular weight excluding hydrogens is 264 g/mol. The maximum Gasteiger partial charge on any atom is 0.508 e. The number of benzene rings is 1. The molecule has 1 rings (SSSR count). The molecule has 0 aliphatic rings. The number of hydrogen-bond donors (Lipinski definition) is 0. The first-order valence-electron chi connectivity index (χ1n) is 8.16. The van der Waals surface area contributed by atoms with Crippen LogP contribution in [0.1, 0.15) is 70.5 Å². The summed E-state index contributed by atoms with van der Waals surface area (Å²) in [6, 6.07) is 9.85. The van der Waals surface area contributed by atoms with Gasteiger partial charge in [0.15, 0.2) is 0 Å². The fraction of sp³-hybridized carbons (Fsp3) is 0.611. The number of carbonyl (C=O) groups is 1. The van der Waals surface area contributed by atoms with Gasteiger partial charge in [-0.15, -0.1) is 0 Å². The lowest BCUT2D eigenvalue weighted by molar-refractivity contribution is 0.0188. The van der Waals surface area contributed by atoms with Crippen molar-refractivity contribution >= 4 is 6.16 Å². The van der Waals surface area contributed by atoms with E-state index in [1.54, 1.807) is 0 Å². The Hall–Kier alpha value is -1.51. The fourth-order valence-corrected chi connectivity index (χ4v) is 2.23. The molecule has 0 aliphatic carbocycles. The number of ether oxygens (including phenoxy) is 2. The molecule has 118 valence electrons. The van der Waals surface area contributed by atoms with Crippen LogP contribution in [0.5, 0.6) is 0 Å². The second-order valence-corrected chi connectivity index (χ2v) is 5.32. The van der Waals surface area contributed by atoms with Crippen LogP contribution in [-0.4, -0.2) is 12.8 Å². The minimum absolute atomic E-state index is 0.205. The summed E-state index contributed by atoms with van der Waals surface area (Å²) in [6.07, 6.45) is 6.72. The molecule has 0 spiro atoms. The summed E-state index contributed by atoms with van der Waals surface area (Å²) in [7, 11) is 0. The van der Waals surface area contributed by atoms with E-state index in [1.807, 2.05) is 30.3 Å². The molecule has 3 nitrogen and oxygen atoms in total. The third kappa shape index (κ3) is 7.74. The van der Waals surface area contributed by atoms with E-state index in [4.69, 9.17) is 9.47 Å². The third-order valence-electron chi connectivity index (χ3n) is 3.43. The van der Waals surface area contributed by atoms with Gasteiger partial charge in [-0.3, -0.25) is 0 Å². The van der Waals surface area contributed by atoms with E-state index in [0.717, 1.165) is 31.2 Å². The summed E-state index contributed by atoms with van der Waals surface area (Å²) in [5.41, 5.74) is 1.03. The fourth-order valence-electron chi connectivity index (χ4n) is 2.23. The Kier molecular flexibility index (Phi) is 9.34. The highest BCUT2D eigenvalue weighted by Crippen LogP contribution is 2.23.